The minimum absolute atomic E-state index is 0.0103. The monoisotopic (exact) mass is 527 g/mol. The molecule has 192 valence electrons. The van der Waals surface area contributed by atoms with Gasteiger partial charge >= 0.3 is 5.97 Å². The van der Waals surface area contributed by atoms with Crippen molar-refractivity contribution in [3.63, 3.8) is 0 Å². The first kappa shape index (κ1) is 26.5. The number of nitrogens with zero attached hydrogens (tertiary/aromatic N) is 1. The van der Waals surface area contributed by atoms with E-state index in [0.717, 1.165) is 17.3 Å². The van der Waals surface area contributed by atoms with Crippen LogP contribution in [0, 0.1) is 11.3 Å². The fourth-order valence-electron chi connectivity index (χ4n) is 4.02. The molecule has 0 fully saturated rings. The number of hydrogen-bond acceptors (Lipinski definition) is 8. The van der Waals surface area contributed by atoms with Gasteiger partial charge in [-0.2, -0.15) is 5.26 Å². The highest BCUT2D eigenvalue weighted by atomic mass is 32.2. The first-order valence-corrected chi connectivity index (χ1v) is 12.9. The molecule has 1 atom stereocenters. The van der Waals surface area contributed by atoms with Gasteiger partial charge < -0.3 is 19.8 Å². The van der Waals surface area contributed by atoms with E-state index in [9.17, 15) is 19.6 Å². The summed E-state index contributed by atoms with van der Waals surface area (Å²) in [5, 5.41) is 16.6. The fraction of sp³-hybridized carbons (Fsp3) is 0.172. The first-order valence-electron chi connectivity index (χ1n) is 11.9. The maximum atomic E-state index is 13.2. The number of ketones is 1. The number of carbonyl (C=O) groups is 3. The summed E-state index contributed by atoms with van der Waals surface area (Å²) in [4.78, 5) is 37.4. The van der Waals surface area contributed by atoms with E-state index in [4.69, 9.17) is 9.15 Å². The zero-order chi connectivity index (χ0) is 27.1. The number of nitrogens with one attached hydrogen (secondary N) is 2. The molecule has 2 N–H and O–H groups in total. The second kappa shape index (κ2) is 12.1. The summed E-state index contributed by atoms with van der Waals surface area (Å²) in [6, 6.07) is 21.5. The SMILES string of the molecule is CCOC(=O)C1=C(c2ccccc2)NC(SCC(=O)Nc2ccc(C(C)=O)cc2)=C(C#N)C1c1ccco1. The van der Waals surface area contributed by atoms with Crippen molar-refractivity contribution in [2.24, 2.45) is 0 Å². The lowest BCUT2D eigenvalue weighted by molar-refractivity contribution is -0.138. The van der Waals surface area contributed by atoms with Gasteiger partial charge in [-0.3, -0.25) is 9.59 Å². The quantitative estimate of drug-likeness (QED) is 0.286. The molecule has 38 heavy (non-hydrogen) atoms. The van der Waals surface area contributed by atoms with Gasteiger partial charge in [-0.25, -0.2) is 4.79 Å². The summed E-state index contributed by atoms with van der Waals surface area (Å²) in [6.45, 7) is 3.35. The lowest BCUT2D eigenvalue weighted by atomic mass is 9.84. The molecule has 1 aliphatic heterocycles. The van der Waals surface area contributed by atoms with Crippen LogP contribution in [-0.4, -0.2) is 30.0 Å². The standard InChI is InChI=1S/C29H25N3O5S/c1-3-36-29(35)26-25(23-10-7-15-37-23)22(16-30)28(32-27(26)20-8-5-4-6-9-20)38-17-24(34)31-21-13-11-19(12-14-21)18(2)33/h4-15,25,32H,3,17H2,1-2H3,(H,31,34). The number of Topliss-reactive ketones (excluding diaryl/α,β-unsaturated/α-hetero) is 1. The molecule has 0 saturated heterocycles. The van der Waals surface area contributed by atoms with Gasteiger partial charge in [0, 0.05) is 11.3 Å². The van der Waals surface area contributed by atoms with Gasteiger partial charge in [0.2, 0.25) is 5.91 Å². The highest BCUT2D eigenvalue weighted by molar-refractivity contribution is 8.03. The number of carbonyl (C=O) groups excluding carboxylic acids is 3. The number of amides is 1. The Balaban J connectivity index is 1.66. The minimum atomic E-state index is -0.824. The van der Waals surface area contributed by atoms with Crippen molar-refractivity contribution in [2.75, 3.05) is 17.7 Å². The molecule has 9 heteroatoms. The van der Waals surface area contributed by atoms with Crippen LogP contribution in [0.3, 0.4) is 0 Å². The normalized spacial score (nSPS) is 14.9. The van der Waals surface area contributed by atoms with E-state index in [2.05, 4.69) is 16.7 Å². The number of dihydropyridines is 1. The van der Waals surface area contributed by atoms with Crippen molar-refractivity contribution in [3.05, 3.63) is 106 Å². The van der Waals surface area contributed by atoms with Gasteiger partial charge in [0.15, 0.2) is 5.78 Å². The lowest BCUT2D eigenvalue weighted by Crippen LogP contribution is -2.29. The summed E-state index contributed by atoms with van der Waals surface area (Å²) in [5.41, 5.74) is 2.79. The van der Waals surface area contributed by atoms with E-state index in [1.54, 1.807) is 43.3 Å². The Kier molecular flexibility index (Phi) is 8.46. The zero-order valence-corrected chi connectivity index (χ0v) is 21.6. The summed E-state index contributed by atoms with van der Waals surface area (Å²) >= 11 is 1.14. The van der Waals surface area contributed by atoms with E-state index in [0.29, 0.717) is 27.7 Å². The van der Waals surface area contributed by atoms with Crippen molar-refractivity contribution < 1.29 is 23.5 Å². The molecule has 1 unspecified atom stereocenters. The van der Waals surface area contributed by atoms with E-state index in [-0.39, 0.29) is 35.2 Å². The number of rotatable bonds is 9. The third kappa shape index (κ3) is 5.88. The second-order valence-electron chi connectivity index (χ2n) is 8.27. The van der Waals surface area contributed by atoms with Gasteiger partial charge in [-0.1, -0.05) is 42.1 Å². The predicted octanol–water partition coefficient (Wildman–Crippen LogP) is 5.25. The van der Waals surface area contributed by atoms with Crippen LogP contribution in [-0.2, 0) is 14.3 Å². The Morgan fingerprint density at radius 1 is 1.08 bits per heavy atom. The van der Waals surface area contributed by atoms with Gasteiger partial charge in [0.1, 0.15) is 5.76 Å². The van der Waals surface area contributed by atoms with Crippen molar-refractivity contribution in [1.82, 2.24) is 5.32 Å². The van der Waals surface area contributed by atoms with Crippen LogP contribution in [0.1, 0.15) is 41.4 Å². The maximum Gasteiger partial charge on any atom is 0.337 e. The predicted molar refractivity (Wildman–Crippen MR) is 145 cm³/mol. The molecule has 1 amide bonds. The minimum Gasteiger partial charge on any atom is -0.468 e. The lowest BCUT2D eigenvalue weighted by Gasteiger charge is -2.29. The largest absolute Gasteiger partial charge is 0.468 e. The number of esters is 1. The molecule has 2 aromatic carbocycles. The van der Waals surface area contributed by atoms with E-state index in [1.807, 2.05) is 30.3 Å². The van der Waals surface area contributed by atoms with Crippen LogP contribution in [0.25, 0.3) is 5.70 Å². The number of thioether (sulfide) groups is 1. The third-order valence-corrected chi connectivity index (χ3v) is 6.78. The summed E-state index contributed by atoms with van der Waals surface area (Å²) in [6.07, 6.45) is 1.48. The number of benzene rings is 2. The van der Waals surface area contributed by atoms with Crippen molar-refractivity contribution in [1.29, 1.82) is 5.26 Å². The summed E-state index contributed by atoms with van der Waals surface area (Å²) in [7, 11) is 0. The first-order chi connectivity index (χ1) is 18.4. The Hall–Kier alpha value is -4.55. The van der Waals surface area contributed by atoms with Gasteiger partial charge in [0.25, 0.3) is 0 Å². The number of allylic oxidation sites excluding steroid dienone is 1. The van der Waals surface area contributed by atoms with Crippen molar-refractivity contribution >= 4 is 40.8 Å². The molecular formula is C29H25N3O5S. The third-order valence-electron chi connectivity index (χ3n) is 5.76. The van der Waals surface area contributed by atoms with Gasteiger partial charge in [-0.15, -0.1) is 0 Å². The smallest absolute Gasteiger partial charge is 0.337 e. The molecule has 8 nitrogen and oxygen atoms in total. The average Bonchev–Trinajstić information content (AvgIpc) is 3.46. The van der Waals surface area contributed by atoms with Crippen LogP contribution >= 0.6 is 11.8 Å². The number of ether oxygens (including phenoxy) is 1. The zero-order valence-electron chi connectivity index (χ0n) is 20.8. The number of anilines is 1. The molecule has 2 heterocycles. The van der Waals surface area contributed by atoms with E-state index >= 15 is 0 Å². The van der Waals surface area contributed by atoms with Crippen molar-refractivity contribution in [3.8, 4) is 6.07 Å². The molecular weight excluding hydrogens is 502 g/mol. The van der Waals surface area contributed by atoms with E-state index in [1.165, 1.54) is 13.2 Å². The molecule has 0 spiro atoms. The van der Waals surface area contributed by atoms with Crippen LogP contribution in [0.4, 0.5) is 5.69 Å². The Bertz CT molecular complexity index is 1440. The molecule has 1 aromatic heterocycles. The average molecular weight is 528 g/mol. The van der Waals surface area contributed by atoms with E-state index < -0.39 is 11.9 Å². The van der Waals surface area contributed by atoms with Crippen LogP contribution in [0.15, 0.2) is 93.6 Å². The highest BCUT2D eigenvalue weighted by Gasteiger charge is 2.38. The van der Waals surface area contributed by atoms with Crippen LogP contribution < -0.4 is 10.6 Å². The van der Waals surface area contributed by atoms with Gasteiger partial charge in [-0.05, 0) is 55.8 Å². The number of nitriles is 1. The summed E-state index contributed by atoms with van der Waals surface area (Å²) in [5.74, 6) is -1.35. The molecule has 0 bridgehead atoms. The fourth-order valence-corrected chi connectivity index (χ4v) is 4.86. The molecule has 0 aliphatic carbocycles. The summed E-state index contributed by atoms with van der Waals surface area (Å²) < 4.78 is 11.0. The van der Waals surface area contributed by atoms with Crippen LogP contribution in [0.2, 0.25) is 0 Å². The Labute approximate surface area is 224 Å². The van der Waals surface area contributed by atoms with Gasteiger partial charge in [0.05, 0.1) is 52.5 Å². The molecule has 3 aromatic rings. The second-order valence-corrected chi connectivity index (χ2v) is 9.26. The highest BCUT2D eigenvalue weighted by Crippen LogP contribution is 2.43. The Morgan fingerprint density at radius 3 is 2.42 bits per heavy atom. The molecule has 1 aliphatic rings. The maximum absolute atomic E-state index is 13.2. The molecule has 0 radical (unpaired) electrons. The number of hydrogen-bond donors (Lipinski definition) is 2. The van der Waals surface area contributed by atoms with Crippen LogP contribution in [0.5, 0.6) is 0 Å². The molecule has 4 rings (SSSR count). The number of furan rings is 1. The Morgan fingerprint density at radius 2 is 1.82 bits per heavy atom. The van der Waals surface area contributed by atoms with Crippen molar-refractivity contribution in [2.45, 2.75) is 19.8 Å². The molecule has 0 saturated carbocycles. The topological polar surface area (TPSA) is 121 Å².